The summed E-state index contributed by atoms with van der Waals surface area (Å²) in [6.07, 6.45) is 0.369. The molecule has 0 saturated carbocycles. The summed E-state index contributed by atoms with van der Waals surface area (Å²) in [5.74, 6) is -2.10. The van der Waals surface area contributed by atoms with Gasteiger partial charge in [-0.05, 0) is 36.6 Å². The molecule has 9 heteroatoms. The highest BCUT2D eigenvalue weighted by atomic mass is 16.2. The number of rotatable bonds is 3. The van der Waals surface area contributed by atoms with Crippen LogP contribution < -0.4 is 16.0 Å². The molecule has 0 aromatic heterocycles. The van der Waals surface area contributed by atoms with Crippen molar-refractivity contribution < 1.29 is 24.0 Å². The van der Waals surface area contributed by atoms with Gasteiger partial charge >= 0.3 is 6.03 Å². The third-order valence-electron chi connectivity index (χ3n) is 5.42. The number of aryl methyl sites for hydroxylation is 1. The molecule has 1 unspecified atom stereocenters. The maximum Gasteiger partial charge on any atom is 0.326 e. The van der Waals surface area contributed by atoms with E-state index in [1.165, 1.54) is 11.0 Å². The van der Waals surface area contributed by atoms with Gasteiger partial charge in [0.25, 0.3) is 11.8 Å². The summed E-state index contributed by atoms with van der Waals surface area (Å²) in [5, 5.41) is 7.10. The second-order valence-corrected chi connectivity index (χ2v) is 7.46. The van der Waals surface area contributed by atoms with E-state index in [0.717, 1.165) is 5.56 Å². The summed E-state index contributed by atoms with van der Waals surface area (Å²) in [6, 6.07) is 10.4. The molecule has 2 heterocycles. The first-order chi connectivity index (χ1) is 14.8. The standard InChI is InChI=1S/C22H20N4O5/c1-12-5-2-3-8-15(12)23-22(31)25-19(28)14-7-4-6-13-11-26(21(30)18(13)14)16-9-10-17(27)24-20(16)29/h2-8,16H,9-11H2,1H3,(H,24,27,29)(H2,23,25,28,31). The molecule has 0 radical (unpaired) electrons. The molecule has 6 amide bonds. The normalized spacial score (nSPS) is 17.8. The summed E-state index contributed by atoms with van der Waals surface area (Å²) >= 11 is 0. The topological polar surface area (TPSA) is 125 Å². The van der Waals surface area contributed by atoms with Crippen molar-refractivity contribution in [2.45, 2.75) is 32.4 Å². The van der Waals surface area contributed by atoms with Crippen LogP contribution in [-0.4, -0.2) is 40.6 Å². The summed E-state index contributed by atoms with van der Waals surface area (Å²) in [5.41, 5.74) is 2.19. The van der Waals surface area contributed by atoms with Crippen molar-refractivity contribution in [3.63, 3.8) is 0 Å². The number of amides is 6. The number of nitrogens with one attached hydrogen (secondary N) is 3. The fourth-order valence-electron chi connectivity index (χ4n) is 3.84. The predicted octanol–water partition coefficient (Wildman–Crippen LogP) is 1.72. The van der Waals surface area contributed by atoms with Crippen LogP contribution in [0.2, 0.25) is 0 Å². The Kier molecular flexibility index (Phi) is 5.24. The molecule has 1 saturated heterocycles. The van der Waals surface area contributed by atoms with E-state index in [4.69, 9.17) is 0 Å². The lowest BCUT2D eigenvalue weighted by molar-refractivity contribution is -0.136. The number of hydrogen-bond donors (Lipinski definition) is 3. The Morgan fingerprint density at radius 2 is 1.84 bits per heavy atom. The van der Waals surface area contributed by atoms with Crippen molar-refractivity contribution >= 4 is 35.3 Å². The number of anilines is 1. The second kappa shape index (κ2) is 8.02. The average Bonchev–Trinajstić information content (AvgIpc) is 3.06. The Morgan fingerprint density at radius 3 is 2.58 bits per heavy atom. The zero-order valence-electron chi connectivity index (χ0n) is 16.7. The van der Waals surface area contributed by atoms with Gasteiger partial charge in [-0.25, -0.2) is 4.79 Å². The van der Waals surface area contributed by atoms with E-state index in [2.05, 4.69) is 16.0 Å². The molecule has 0 bridgehead atoms. The van der Waals surface area contributed by atoms with E-state index in [9.17, 15) is 24.0 Å². The van der Waals surface area contributed by atoms with Crippen molar-refractivity contribution in [3.8, 4) is 0 Å². The van der Waals surface area contributed by atoms with Gasteiger partial charge in [-0.3, -0.25) is 29.8 Å². The number of nitrogens with zero attached hydrogens (tertiary/aromatic N) is 1. The molecule has 3 N–H and O–H groups in total. The molecule has 0 spiro atoms. The molecule has 158 valence electrons. The lowest BCUT2D eigenvalue weighted by atomic mass is 10.0. The van der Waals surface area contributed by atoms with Crippen molar-refractivity contribution in [2.75, 3.05) is 5.32 Å². The molecule has 2 aliphatic heterocycles. The number of piperidine rings is 1. The third-order valence-corrected chi connectivity index (χ3v) is 5.42. The van der Waals surface area contributed by atoms with E-state index in [-0.39, 0.29) is 36.4 Å². The first-order valence-corrected chi connectivity index (χ1v) is 9.79. The van der Waals surface area contributed by atoms with Gasteiger partial charge in [-0.15, -0.1) is 0 Å². The Labute approximate surface area is 177 Å². The molecule has 1 atom stereocenters. The van der Waals surface area contributed by atoms with Crippen molar-refractivity contribution in [3.05, 3.63) is 64.7 Å². The molecule has 2 aliphatic rings. The van der Waals surface area contributed by atoms with Gasteiger partial charge in [-0.2, -0.15) is 0 Å². The second-order valence-electron chi connectivity index (χ2n) is 7.46. The van der Waals surface area contributed by atoms with Crippen LogP contribution in [0, 0.1) is 6.92 Å². The zero-order chi connectivity index (χ0) is 22.1. The molecule has 0 aliphatic carbocycles. The smallest absolute Gasteiger partial charge is 0.322 e. The third kappa shape index (κ3) is 3.89. The van der Waals surface area contributed by atoms with Crippen LogP contribution in [0.5, 0.6) is 0 Å². The first-order valence-electron chi connectivity index (χ1n) is 9.79. The molecule has 1 fully saturated rings. The molecule has 4 rings (SSSR count). The van der Waals surface area contributed by atoms with E-state index in [0.29, 0.717) is 11.3 Å². The van der Waals surface area contributed by atoms with Crippen LogP contribution in [0.25, 0.3) is 0 Å². The van der Waals surface area contributed by atoms with Gasteiger partial charge in [0.15, 0.2) is 0 Å². The maximum atomic E-state index is 13.1. The number of carbonyl (C=O) groups is 5. The molecular formula is C22H20N4O5. The monoisotopic (exact) mass is 420 g/mol. The number of urea groups is 1. The highest BCUT2D eigenvalue weighted by molar-refractivity contribution is 6.15. The number of benzene rings is 2. The van der Waals surface area contributed by atoms with Crippen LogP contribution in [-0.2, 0) is 16.1 Å². The highest BCUT2D eigenvalue weighted by Crippen LogP contribution is 2.29. The predicted molar refractivity (Wildman–Crippen MR) is 110 cm³/mol. The van der Waals surface area contributed by atoms with Gasteiger partial charge in [0.2, 0.25) is 11.8 Å². The number of para-hydroxylation sites is 1. The number of fused-ring (bicyclic) bond motifs is 1. The zero-order valence-corrected chi connectivity index (χ0v) is 16.7. The van der Waals surface area contributed by atoms with Crippen LogP contribution in [0.1, 0.15) is 44.7 Å². The van der Waals surface area contributed by atoms with E-state index in [1.807, 2.05) is 19.1 Å². The quantitative estimate of drug-likeness (QED) is 0.652. The minimum Gasteiger partial charge on any atom is -0.322 e. The molecule has 9 nitrogen and oxygen atoms in total. The first kappa shape index (κ1) is 20.3. The Balaban J connectivity index is 1.51. The largest absolute Gasteiger partial charge is 0.326 e. The SMILES string of the molecule is Cc1ccccc1NC(=O)NC(=O)c1cccc2c1C(=O)N(C1CCC(=O)NC1=O)C2. The molecule has 2 aromatic rings. The average molecular weight is 420 g/mol. The number of hydrogen-bond acceptors (Lipinski definition) is 5. The summed E-state index contributed by atoms with van der Waals surface area (Å²) in [4.78, 5) is 63.1. The van der Waals surface area contributed by atoms with Crippen molar-refractivity contribution in [1.82, 2.24) is 15.5 Å². The van der Waals surface area contributed by atoms with Gasteiger partial charge in [0.1, 0.15) is 6.04 Å². The summed E-state index contributed by atoms with van der Waals surface area (Å²) in [7, 11) is 0. The Hall–Kier alpha value is -4.01. The maximum absolute atomic E-state index is 13.1. The molecule has 2 aromatic carbocycles. The van der Waals surface area contributed by atoms with Crippen LogP contribution in [0.3, 0.4) is 0 Å². The minimum atomic E-state index is -0.780. The van der Waals surface area contributed by atoms with Crippen LogP contribution >= 0.6 is 0 Å². The van der Waals surface area contributed by atoms with Gasteiger partial charge < -0.3 is 10.2 Å². The highest BCUT2D eigenvalue weighted by Gasteiger charge is 2.40. The Bertz CT molecular complexity index is 1130. The summed E-state index contributed by atoms with van der Waals surface area (Å²) < 4.78 is 0. The molecular weight excluding hydrogens is 400 g/mol. The molecule has 31 heavy (non-hydrogen) atoms. The van der Waals surface area contributed by atoms with Gasteiger partial charge in [0, 0.05) is 18.7 Å². The lowest BCUT2D eigenvalue weighted by Crippen LogP contribution is -2.52. The van der Waals surface area contributed by atoms with E-state index >= 15 is 0 Å². The van der Waals surface area contributed by atoms with Crippen molar-refractivity contribution in [1.29, 1.82) is 0 Å². The fourth-order valence-corrected chi connectivity index (χ4v) is 3.84. The number of carbonyl (C=O) groups excluding carboxylic acids is 5. The fraction of sp³-hybridized carbons (Fsp3) is 0.227. The van der Waals surface area contributed by atoms with Crippen molar-refractivity contribution in [2.24, 2.45) is 0 Å². The van der Waals surface area contributed by atoms with Crippen LogP contribution in [0.15, 0.2) is 42.5 Å². The lowest BCUT2D eigenvalue weighted by Gasteiger charge is -2.29. The van der Waals surface area contributed by atoms with Gasteiger partial charge in [-0.1, -0.05) is 30.3 Å². The van der Waals surface area contributed by atoms with Gasteiger partial charge in [0.05, 0.1) is 11.1 Å². The van der Waals surface area contributed by atoms with E-state index < -0.39 is 29.8 Å². The van der Waals surface area contributed by atoms with E-state index in [1.54, 1.807) is 24.3 Å². The minimum absolute atomic E-state index is 0.0530. The summed E-state index contributed by atoms with van der Waals surface area (Å²) in [6.45, 7) is 1.97. The van der Waals surface area contributed by atoms with Crippen LogP contribution in [0.4, 0.5) is 10.5 Å². The number of imide groups is 2. The Morgan fingerprint density at radius 1 is 1.06 bits per heavy atom.